The van der Waals surface area contributed by atoms with Crippen molar-refractivity contribution in [3.63, 3.8) is 0 Å². The Morgan fingerprint density at radius 1 is 0.828 bits per heavy atom. The summed E-state index contributed by atoms with van der Waals surface area (Å²) in [4.78, 5) is 3.86. The van der Waals surface area contributed by atoms with Gasteiger partial charge in [0.15, 0.2) is 0 Å². The highest BCUT2D eigenvalue weighted by molar-refractivity contribution is 7.91. The molecule has 4 aromatic rings. The zero-order valence-electron chi connectivity index (χ0n) is 14.5. The predicted octanol–water partition coefficient (Wildman–Crippen LogP) is 6.83. The summed E-state index contributed by atoms with van der Waals surface area (Å²) < 4.78 is 41.3. The molecule has 8 heteroatoms. The molecule has 0 amide bonds. The Morgan fingerprint density at radius 2 is 1.52 bits per heavy atom. The zero-order valence-corrected chi connectivity index (χ0v) is 17.6. The first kappa shape index (κ1) is 20.1. The molecule has 0 radical (unpaired) electrons. The van der Waals surface area contributed by atoms with Gasteiger partial charge in [0.05, 0.1) is 14.8 Å². The van der Waals surface area contributed by atoms with Gasteiger partial charge in [-0.15, -0.1) is 0 Å². The monoisotopic (exact) mass is 465 g/mol. The number of hydrogen-bond acceptors (Lipinski definition) is 3. The SMILES string of the molecule is O=S(=O)(c1ccc(Cl)cc1Cl)c1cnc2c(F)cccc2c1-c1ccc(Cl)cc1. The highest BCUT2D eigenvalue weighted by Gasteiger charge is 2.27. The number of benzene rings is 3. The lowest BCUT2D eigenvalue weighted by molar-refractivity contribution is 0.596. The van der Waals surface area contributed by atoms with Gasteiger partial charge in [0.2, 0.25) is 9.84 Å². The minimum Gasteiger partial charge on any atom is -0.252 e. The third-order valence-electron chi connectivity index (χ3n) is 4.42. The highest BCUT2D eigenvalue weighted by Crippen LogP contribution is 2.39. The van der Waals surface area contributed by atoms with E-state index in [0.717, 1.165) is 6.20 Å². The molecule has 1 aromatic heterocycles. The van der Waals surface area contributed by atoms with Gasteiger partial charge in [-0.05, 0) is 42.0 Å². The number of sulfone groups is 1. The molecule has 3 aromatic carbocycles. The summed E-state index contributed by atoms with van der Waals surface area (Å²) in [5.74, 6) is -0.550. The molecule has 0 bridgehead atoms. The van der Waals surface area contributed by atoms with Crippen LogP contribution in [0.2, 0.25) is 15.1 Å². The van der Waals surface area contributed by atoms with Gasteiger partial charge < -0.3 is 0 Å². The van der Waals surface area contributed by atoms with E-state index in [-0.39, 0.29) is 20.3 Å². The number of nitrogens with zero attached hydrogens (tertiary/aromatic N) is 1. The smallest absolute Gasteiger partial charge is 0.210 e. The molecule has 0 unspecified atom stereocenters. The van der Waals surface area contributed by atoms with Crippen molar-refractivity contribution in [2.45, 2.75) is 9.79 Å². The molecule has 1 heterocycles. The maximum atomic E-state index is 14.3. The molecule has 146 valence electrons. The van der Waals surface area contributed by atoms with Crippen LogP contribution >= 0.6 is 34.8 Å². The average molecular weight is 467 g/mol. The molecule has 0 aliphatic rings. The van der Waals surface area contributed by atoms with E-state index < -0.39 is 15.7 Å². The second kappa shape index (κ2) is 7.58. The highest BCUT2D eigenvalue weighted by atomic mass is 35.5. The van der Waals surface area contributed by atoms with Crippen molar-refractivity contribution >= 4 is 55.5 Å². The Hall–Kier alpha value is -2.18. The van der Waals surface area contributed by atoms with Crippen LogP contribution in [-0.2, 0) is 9.84 Å². The molecule has 0 aliphatic heterocycles. The summed E-state index contributed by atoms with van der Waals surface area (Å²) in [6, 6.07) is 15.1. The van der Waals surface area contributed by atoms with E-state index in [1.54, 1.807) is 30.3 Å². The van der Waals surface area contributed by atoms with Crippen LogP contribution in [0, 0.1) is 5.82 Å². The largest absolute Gasteiger partial charge is 0.252 e. The lowest BCUT2D eigenvalue weighted by Gasteiger charge is -2.15. The topological polar surface area (TPSA) is 47.0 Å². The number of rotatable bonds is 3. The predicted molar refractivity (Wildman–Crippen MR) is 114 cm³/mol. The lowest BCUT2D eigenvalue weighted by Crippen LogP contribution is -2.06. The number of halogens is 4. The fraction of sp³-hybridized carbons (Fsp3) is 0. The first-order valence-corrected chi connectivity index (χ1v) is 10.9. The number of hydrogen-bond donors (Lipinski definition) is 0. The Labute approximate surface area is 181 Å². The van der Waals surface area contributed by atoms with Crippen molar-refractivity contribution < 1.29 is 12.8 Å². The molecule has 0 N–H and O–H groups in total. The summed E-state index contributed by atoms with van der Waals surface area (Å²) in [6.45, 7) is 0. The minimum absolute atomic E-state index is 0.0149. The van der Waals surface area contributed by atoms with E-state index >= 15 is 0 Å². The van der Waals surface area contributed by atoms with Crippen molar-refractivity contribution in [1.29, 1.82) is 0 Å². The van der Waals surface area contributed by atoms with E-state index in [1.165, 1.54) is 30.3 Å². The van der Waals surface area contributed by atoms with E-state index in [9.17, 15) is 12.8 Å². The molecule has 3 nitrogen and oxygen atoms in total. The summed E-state index contributed by atoms with van der Waals surface area (Å²) in [5.41, 5.74) is 0.937. The number of aromatic nitrogens is 1. The van der Waals surface area contributed by atoms with Crippen LogP contribution in [0.5, 0.6) is 0 Å². The standard InChI is InChI=1S/C21H11Cl3FNO2S/c22-13-6-4-12(5-7-13)20-15-2-1-3-17(25)21(15)26-11-19(20)29(27,28)18-9-8-14(23)10-16(18)24/h1-11H. The quantitative estimate of drug-likeness (QED) is 0.332. The van der Waals surface area contributed by atoms with E-state index in [0.29, 0.717) is 26.6 Å². The molecule has 0 saturated carbocycles. The van der Waals surface area contributed by atoms with E-state index in [1.807, 2.05) is 0 Å². The van der Waals surface area contributed by atoms with Crippen molar-refractivity contribution in [1.82, 2.24) is 4.98 Å². The number of pyridine rings is 1. The van der Waals surface area contributed by atoms with Crippen LogP contribution in [0.25, 0.3) is 22.0 Å². The summed E-state index contributed by atoms with van der Waals surface area (Å²) in [5, 5.41) is 1.14. The van der Waals surface area contributed by atoms with Gasteiger partial charge in [0.1, 0.15) is 11.3 Å². The maximum absolute atomic E-state index is 14.3. The van der Waals surface area contributed by atoms with Gasteiger partial charge in [-0.2, -0.15) is 0 Å². The maximum Gasteiger partial charge on any atom is 0.210 e. The van der Waals surface area contributed by atoms with Crippen molar-refractivity contribution in [3.05, 3.63) is 87.7 Å². The number of para-hydroxylation sites is 1. The minimum atomic E-state index is -4.09. The summed E-state index contributed by atoms with van der Waals surface area (Å²) >= 11 is 18.1. The first-order valence-electron chi connectivity index (χ1n) is 8.32. The lowest BCUT2D eigenvalue weighted by atomic mass is 10.0. The number of fused-ring (bicyclic) bond motifs is 1. The zero-order chi connectivity index (χ0) is 20.8. The van der Waals surface area contributed by atoms with Crippen LogP contribution in [-0.4, -0.2) is 13.4 Å². The average Bonchev–Trinajstić information content (AvgIpc) is 2.68. The molecular formula is C21H11Cl3FNO2S. The molecule has 29 heavy (non-hydrogen) atoms. The van der Waals surface area contributed by atoms with Crippen molar-refractivity contribution in [3.8, 4) is 11.1 Å². The first-order chi connectivity index (χ1) is 13.8. The third kappa shape index (κ3) is 3.60. The van der Waals surface area contributed by atoms with Gasteiger partial charge in [-0.1, -0.05) is 59.1 Å². The van der Waals surface area contributed by atoms with Gasteiger partial charge in [-0.3, -0.25) is 4.98 Å². The van der Waals surface area contributed by atoms with Gasteiger partial charge >= 0.3 is 0 Å². The second-order valence-corrected chi connectivity index (χ2v) is 9.39. The van der Waals surface area contributed by atoms with E-state index in [2.05, 4.69) is 4.98 Å². The Bertz CT molecular complexity index is 1360. The molecule has 4 rings (SSSR count). The van der Waals surface area contributed by atoms with Crippen LogP contribution in [0.3, 0.4) is 0 Å². The van der Waals surface area contributed by atoms with E-state index in [4.69, 9.17) is 34.8 Å². The summed E-state index contributed by atoms with van der Waals surface area (Å²) in [7, 11) is -4.09. The van der Waals surface area contributed by atoms with Gasteiger partial charge in [-0.25, -0.2) is 12.8 Å². The van der Waals surface area contributed by atoms with Gasteiger partial charge in [0.25, 0.3) is 0 Å². The second-order valence-electron chi connectivity index (χ2n) is 6.22. The molecule has 0 spiro atoms. The van der Waals surface area contributed by atoms with Crippen LogP contribution < -0.4 is 0 Å². The molecule has 0 fully saturated rings. The Kier molecular flexibility index (Phi) is 5.25. The fourth-order valence-corrected chi connectivity index (χ4v) is 5.43. The van der Waals surface area contributed by atoms with Gasteiger partial charge in [0, 0.05) is 27.2 Å². The van der Waals surface area contributed by atoms with Crippen LogP contribution in [0.15, 0.2) is 76.7 Å². The third-order valence-corrected chi connectivity index (χ3v) is 7.15. The van der Waals surface area contributed by atoms with Crippen molar-refractivity contribution in [2.75, 3.05) is 0 Å². The molecule has 0 atom stereocenters. The Morgan fingerprint density at radius 3 is 2.21 bits per heavy atom. The summed E-state index contributed by atoms with van der Waals surface area (Å²) in [6.07, 6.45) is 1.15. The van der Waals surface area contributed by atoms with Crippen LogP contribution in [0.4, 0.5) is 4.39 Å². The molecule has 0 aliphatic carbocycles. The molecular weight excluding hydrogens is 456 g/mol. The Balaban J connectivity index is 2.09. The van der Waals surface area contributed by atoms with Crippen molar-refractivity contribution in [2.24, 2.45) is 0 Å². The van der Waals surface area contributed by atoms with Crippen LogP contribution in [0.1, 0.15) is 0 Å². The molecule has 0 saturated heterocycles. The fourth-order valence-electron chi connectivity index (χ4n) is 3.10. The normalized spacial score (nSPS) is 11.7.